The number of benzene rings is 3. The maximum atomic E-state index is 13.3. The van der Waals surface area contributed by atoms with E-state index in [2.05, 4.69) is 48.9 Å². The van der Waals surface area contributed by atoms with Crippen LogP contribution in [0.25, 0.3) is 44.6 Å². The van der Waals surface area contributed by atoms with E-state index in [0.29, 0.717) is 33.8 Å². The predicted molar refractivity (Wildman–Crippen MR) is 205 cm³/mol. The van der Waals surface area contributed by atoms with Crippen molar-refractivity contribution in [2.75, 3.05) is 0 Å². The van der Waals surface area contributed by atoms with E-state index >= 15 is 0 Å². The summed E-state index contributed by atoms with van der Waals surface area (Å²) in [6.07, 6.45) is 2.23. The molecule has 0 aliphatic rings. The Labute approximate surface area is 325 Å². The monoisotopic (exact) mass is 906 g/mol. The van der Waals surface area contributed by atoms with Crippen molar-refractivity contribution >= 4 is 27.7 Å². The Kier molecular flexibility index (Phi) is 14.8. The van der Waals surface area contributed by atoms with E-state index in [-0.39, 0.29) is 55.3 Å². The van der Waals surface area contributed by atoms with Crippen molar-refractivity contribution in [3.8, 4) is 22.7 Å². The van der Waals surface area contributed by atoms with Crippen LogP contribution in [0, 0.1) is 23.3 Å². The zero-order valence-electron chi connectivity index (χ0n) is 32.2. The summed E-state index contributed by atoms with van der Waals surface area (Å²) in [7, 11) is 0. The smallest absolute Gasteiger partial charge is 0.394 e. The van der Waals surface area contributed by atoms with Gasteiger partial charge in [-0.2, -0.15) is 13.2 Å². The molecule has 2 aromatic heterocycles. The van der Waals surface area contributed by atoms with Gasteiger partial charge in [0.25, 0.3) is 0 Å². The summed E-state index contributed by atoms with van der Waals surface area (Å²) in [6.45, 7) is 17.0. The summed E-state index contributed by atoms with van der Waals surface area (Å²) in [5.74, 6) is 0.939. The summed E-state index contributed by atoms with van der Waals surface area (Å²) in [6, 6.07) is 22.5. The second-order valence-corrected chi connectivity index (χ2v) is 15.2. The number of rotatable bonds is 11. The summed E-state index contributed by atoms with van der Waals surface area (Å²) in [4.78, 5) is 21.0. The van der Waals surface area contributed by atoms with E-state index in [0.717, 1.165) is 42.0 Å². The van der Waals surface area contributed by atoms with Gasteiger partial charge in [-0.25, -0.2) is 4.98 Å². The van der Waals surface area contributed by atoms with E-state index in [1.54, 1.807) is 36.5 Å². The molecule has 9 heteroatoms. The standard InChI is InChI=1S/C31H28F3N2O.C13H24O2.Ir/c1-29(2,3)24-17-22(16-21-8-6-7-9-23(21)24)26-27-25(14-15-35-26)36-28(37-27)20-12-10-19(11-13-20)18-30(4,5)31(32,33)34;1-5-10(6-2)12(14)9-13(15)11(7-3)8-4;/h6-15,17H,18H2,1-5H3;9-11,14H,5-8H2,1-4H3;/q-1;;/b;12-9-;. The Morgan fingerprint density at radius 3 is 2.06 bits per heavy atom. The van der Waals surface area contributed by atoms with Crippen LogP contribution in [0.4, 0.5) is 13.2 Å². The van der Waals surface area contributed by atoms with Crippen LogP contribution in [-0.4, -0.2) is 27.0 Å². The molecule has 287 valence electrons. The Balaban J connectivity index is 0.000000403. The molecular formula is C44H52F3IrN2O3-. The average Bonchev–Trinajstić information content (AvgIpc) is 3.53. The number of fused-ring (bicyclic) bond motifs is 2. The van der Waals surface area contributed by atoms with Crippen molar-refractivity contribution < 1.29 is 47.6 Å². The zero-order valence-corrected chi connectivity index (χ0v) is 34.6. The first-order valence-electron chi connectivity index (χ1n) is 18.3. The second kappa shape index (κ2) is 18.0. The first kappa shape index (κ1) is 43.6. The van der Waals surface area contributed by atoms with Crippen LogP contribution in [0.5, 0.6) is 0 Å². The third-order valence-corrected chi connectivity index (χ3v) is 9.84. The number of carbonyl (C=O) groups is 1. The Hall–Kier alpha value is -3.81. The van der Waals surface area contributed by atoms with Crippen molar-refractivity contribution in [3.63, 3.8) is 0 Å². The van der Waals surface area contributed by atoms with E-state index in [1.807, 2.05) is 45.9 Å². The molecule has 0 spiro atoms. The van der Waals surface area contributed by atoms with E-state index < -0.39 is 11.6 Å². The van der Waals surface area contributed by atoms with Gasteiger partial charge in [-0.05, 0) is 61.3 Å². The number of hydrogen-bond acceptors (Lipinski definition) is 5. The number of hydrogen-bond donors (Lipinski definition) is 1. The molecule has 5 nitrogen and oxygen atoms in total. The molecule has 0 aliphatic carbocycles. The van der Waals surface area contributed by atoms with Crippen molar-refractivity contribution in [3.05, 3.63) is 95.9 Å². The molecule has 0 saturated carbocycles. The molecule has 1 N–H and O–H groups in total. The number of alkyl halides is 3. The molecule has 0 bridgehead atoms. The van der Waals surface area contributed by atoms with Crippen molar-refractivity contribution in [2.45, 2.75) is 106 Å². The molecule has 0 atom stereocenters. The van der Waals surface area contributed by atoms with Gasteiger partial charge in [-0.15, -0.1) is 29.1 Å². The van der Waals surface area contributed by atoms with Crippen LogP contribution in [0.15, 0.2) is 83.1 Å². The summed E-state index contributed by atoms with van der Waals surface area (Å²) < 4.78 is 46.1. The Morgan fingerprint density at radius 2 is 1.49 bits per heavy atom. The fourth-order valence-corrected chi connectivity index (χ4v) is 6.30. The SMILES string of the molecule is CC(C)(C)c1cc(-c2nccc3nc(-c4ccc(CC(C)(C)C(F)(F)F)cc4)oc23)[c-]c2ccccc12.CCC(CC)C(=O)/C=C(\O)C(CC)CC.[Ir]. The van der Waals surface area contributed by atoms with Gasteiger partial charge < -0.3 is 9.52 Å². The molecule has 0 fully saturated rings. The number of oxazole rings is 1. The van der Waals surface area contributed by atoms with Crippen LogP contribution in [-0.2, 0) is 36.7 Å². The number of carbonyl (C=O) groups excluding carboxylic acids is 1. The van der Waals surface area contributed by atoms with E-state index in [4.69, 9.17) is 4.42 Å². The molecule has 53 heavy (non-hydrogen) atoms. The number of aliphatic hydroxyl groups excluding tert-OH is 1. The fraction of sp³-hybridized carbons (Fsp3) is 0.432. The molecule has 0 amide bonds. The van der Waals surface area contributed by atoms with Crippen molar-refractivity contribution in [2.24, 2.45) is 17.3 Å². The molecular weight excluding hydrogens is 854 g/mol. The molecule has 3 aromatic carbocycles. The third kappa shape index (κ3) is 10.4. The van der Waals surface area contributed by atoms with Crippen LogP contribution in [0.1, 0.15) is 99.1 Å². The summed E-state index contributed by atoms with van der Waals surface area (Å²) in [5.41, 5.74) is 3.25. The first-order chi connectivity index (χ1) is 24.4. The number of aliphatic hydroxyl groups is 1. The maximum absolute atomic E-state index is 13.3. The van der Waals surface area contributed by atoms with Crippen LogP contribution < -0.4 is 0 Å². The van der Waals surface area contributed by atoms with Crippen LogP contribution in [0.3, 0.4) is 0 Å². The van der Waals surface area contributed by atoms with Gasteiger partial charge in [-0.1, -0.05) is 104 Å². The number of halogens is 3. The van der Waals surface area contributed by atoms with Crippen LogP contribution >= 0.6 is 0 Å². The normalized spacial score (nSPS) is 12.6. The molecule has 0 aliphatic heterocycles. The van der Waals surface area contributed by atoms with E-state index in [1.165, 1.54) is 25.5 Å². The van der Waals surface area contributed by atoms with Gasteiger partial charge in [0.05, 0.1) is 11.2 Å². The minimum atomic E-state index is -4.28. The average molecular weight is 906 g/mol. The summed E-state index contributed by atoms with van der Waals surface area (Å²) >= 11 is 0. The van der Waals surface area contributed by atoms with Gasteiger partial charge in [0.2, 0.25) is 5.89 Å². The minimum absolute atomic E-state index is 0. The Morgan fingerprint density at radius 1 is 0.887 bits per heavy atom. The molecule has 0 saturated heterocycles. The zero-order chi connectivity index (χ0) is 38.4. The summed E-state index contributed by atoms with van der Waals surface area (Å²) in [5, 5.41) is 11.9. The molecule has 0 unspecified atom stereocenters. The molecule has 2 heterocycles. The fourth-order valence-electron chi connectivity index (χ4n) is 6.30. The van der Waals surface area contributed by atoms with Gasteiger partial charge in [0.15, 0.2) is 5.78 Å². The van der Waals surface area contributed by atoms with Gasteiger partial charge in [-0.3, -0.25) is 9.78 Å². The number of aromatic nitrogens is 2. The maximum Gasteiger partial charge on any atom is 0.394 e. The number of ketones is 1. The number of pyridine rings is 1. The number of nitrogens with zero attached hydrogens (tertiary/aromatic N) is 2. The Bertz CT molecular complexity index is 2000. The van der Waals surface area contributed by atoms with Gasteiger partial charge in [0, 0.05) is 55.5 Å². The van der Waals surface area contributed by atoms with Crippen molar-refractivity contribution in [1.82, 2.24) is 9.97 Å². The predicted octanol–water partition coefficient (Wildman–Crippen LogP) is 12.8. The third-order valence-electron chi connectivity index (χ3n) is 9.84. The van der Waals surface area contributed by atoms with Crippen LogP contribution in [0.2, 0.25) is 0 Å². The van der Waals surface area contributed by atoms with Gasteiger partial charge in [0.1, 0.15) is 11.1 Å². The van der Waals surface area contributed by atoms with Crippen molar-refractivity contribution in [1.29, 1.82) is 0 Å². The minimum Gasteiger partial charge on any atom is -0.512 e. The second-order valence-electron chi connectivity index (χ2n) is 15.2. The van der Waals surface area contributed by atoms with Gasteiger partial charge >= 0.3 is 6.18 Å². The quantitative estimate of drug-likeness (QED) is 0.0812. The topological polar surface area (TPSA) is 76.2 Å². The number of allylic oxidation sites excluding steroid dienone is 2. The largest absolute Gasteiger partial charge is 0.512 e. The first-order valence-corrected chi connectivity index (χ1v) is 18.3. The molecule has 5 rings (SSSR count). The molecule has 5 aromatic rings. The van der Waals surface area contributed by atoms with E-state index in [9.17, 15) is 23.1 Å². The molecule has 1 radical (unpaired) electrons.